The number of ether oxygens (including phenoxy) is 1. The van der Waals surface area contributed by atoms with Crippen molar-refractivity contribution in [2.45, 2.75) is 32.5 Å². The van der Waals surface area contributed by atoms with Crippen LogP contribution < -0.4 is 5.32 Å². The number of aryl methyl sites for hydroxylation is 1. The summed E-state index contributed by atoms with van der Waals surface area (Å²) in [5.74, 6) is -0.190. The Balaban J connectivity index is 2.23. The molecule has 1 N–H and O–H groups in total. The smallest absolute Gasteiger partial charge is 0.123 e. The van der Waals surface area contributed by atoms with E-state index in [1.54, 1.807) is 6.07 Å². The highest BCUT2D eigenvalue weighted by Gasteiger charge is 2.29. The molecule has 2 rings (SSSR count). The van der Waals surface area contributed by atoms with E-state index in [1.165, 1.54) is 6.07 Å². The first kappa shape index (κ1) is 11.6. The summed E-state index contributed by atoms with van der Waals surface area (Å²) in [4.78, 5) is 0. The van der Waals surface area contributed by atoms with Gasteiger partial charge >= 0.3 is 0 Å². The van der Waals surface area contributed by atoms with E-state index in [1.807, 2.05) is 13.0 Å². The largest absolute Gasteiger partial charge is 0.365 e. The van der Waals surface area contributed by atoms with E-state index in [0.717, 1.165) is 24.2 Å². The second-order valence-electron chi connectivity index (χ2n) is 5.00. The Morgan fingerprint density at radius 2 is 2.19 bits per heavy atom. The summed E-state index contributed by atoms with van der Waals surface area (Å²) < 4.78 is 19.0. The van der Waals surface area contributed by atoms with Crippen LogP contribution in [0, 0.1) is 12.7 Å². The number of halogens is 1. The third kappa shape index (κ3) is 2.42. The lowest BCUT2D eigenvalue weighted by Crippen LogP contribution is -2.47. The fourth-order valence-corrected chi connectivity index (χ4v) is 2.15. The third-order valence-electron chi connectivity index (χ3n) is 2.92. The summed E-state index contributed by atoms with van der Waals surface area (Å²) in [6, 6.07) is 4.87. The van der Waals surface area contributed by atoms with Crippen LogP contribution in [0.5, 0.6) is 0 Å². The molecule has 1 fully saturated rings. The molecule has 1 heterocycles. The van der Waals surface area contributed by atoms with Crippen LogP contribution in [0.4, 0.5) is 4.39 Å². The minimum absolute atomic E-state index is 0.0179. The van der Waals surface area contributed by atoms with Gasteiger partial charge in [-0.3, -0.25) is 0 Å². The van der Waals surface area contributed by atoms with Crippen LogP contribution in [0.15, 0.2) is 18.2 Å². The van der Waals surface area contributed by atoms with Crippen molar-refractivity contribution >= 4 is 0 Å². The van der Waals surface area contributed by atoms with Gasteiger partial charge in [0, 0.05) is 13.1 Å². The van der Waals surface area contributed by atoms with Crippen LogP contribution in [0.3, 0.4) is 0 Å². The van der Waals surface area contributed by atoms with Crippen LogP contribution >= 0.6 is 0 Å². The summed E-state index contributed by atoms with van der Waals surface area (Å²) in [6.07, 6.45) is 0.0179. The van der Waals surface area contributed by atoms with Crippen molar-refractivity contribution in [3.05, 3.63) is 35.1 Å². The van der Waals surface area contributed by atoms with E-state index >= 15 is 0 Å². The Kier molecular flexibility index (Phi) is 3.00. The quantitative estimate of drug-likeness (QED) is 0.790. The van der Waals surface area contributed by atoms with E-state index < -0.39 is 0 Å². The van der Waals surface area contributed by atoms with Gasteiger partial charge in [-0.1, -0.05) is 6.07 Å². The standard InChI is InChI=1S/C13H18FNO/c1-9-6-10(14)4-5-11(9)12-7-15-8-13(2,3)16-12/h4-6,12,15H,7-8H2,1-3H3. The molecule has 2 nitrogen and oxygen atoms in total. The highest BCUT2D eigenvalue weighted by molar-refractivity contribution is 5.29. The molecule has 0 radical (unpaired) electrons. The molecule has 1 saturated heterocycles. The van der Waals surface area contributed by atoms with Gasteiger partial charge in [0.15, 0.2) is 0 Å². The Hall–Kier alpha value is -0.930. The van der Waals surface area contributed by atoms with Gasteiger partial charge in [-0.2, -0.15) is 0 Å². The van der Waals surface area contributed by atoms with Crippen molar-refractivity contribution in [2.24, 2.45) is 0 Å². The van der Waals surface area contributed by atoms with E-state index in [9.17, 15) is 4.39 Å². The highest BCUT2D eigenvalue weighted by Crippen LogP contribution is 2.28. The molecule has 0 bridgehead atoms. The Morgan fingerprint density at radius 3 is 2.81 bits per heavy atom. The molecular weight excluding hydrogens is 205 g/mol. The second-order valence-corrected chi connectivity index (χ2v) is 5.00. The molecule has 3 heteroatoms. The van der Waals surface area contributed by atoms with Crippen molar-refractivity contribution in [3.8, 4) is 0 Å². The number of benzene rings is 1. The van der Waals surface area contributed by atoms with Crippen LogP contribution in [0.2, 0.25) is 0 Å². The Labute approximate surface area is 95.8 Å². The number of rotatable bonds is 1. The zero-order valence-electron chi connectivity index (χ0n) is 10.0. The summed E-state index contributed by atoms with van der Waals surface area (Å²) in [6.45, 7) is 7.68. The molecule has 1 atom stereocenters. The van der Waals surface area contributed by atoms with Gasteiger partial charge in [0.1, 0.15) is 5.82 Å². The first-order chi connectivity index (χ1) is 7.48. The summed E-state index contributed by atoms with van der Waals surface area (Å²) >= 11 is 0. The molecule has 0 aliphatic carbocycles. The first-order valence-corrected chi connectivity index (χ1v) is 5.62. The van der Waals surface area contributed by atoms with Crippen LogP contribution in [-0.4, -0.2) is 18.7 Å². The first-order valence-electron chi connectivity index (χ1n) is 5.62. The molecule has 0 spiro atoms. The molecule has 0 aromatic heterocycles. The van der Waals surface area contributed by atoms with E-state index in [-0.39, 0.29) is 17.5 Å². The molecule has 0 saturated carbocycles. The van der Waals surface area contributed by atoms with E-state index in [2.05, 4.69) is 19.2 Å². The SMILES string of the molecule is Cc1cc(F)ccc1C1CNCC(C)(C)O1. The minimum Gasteiger partial charge on any atom is -0.365 e. The highest BCUT2D eigenvalue weighted by atomic mass is 19.1. The molecular formula is C13H18FNO. The Morgan fingerprint density at radius 1 is 1.44 bits per heavy atom. The molecule has 0 amide bonds. The number of nitrogens with one attached hydrogen (secondary N) is 1. The van der Waals surface area contributed by atoms with Crippen molar-refractivity contribution < 1.29 is 9.13 Å². The van der Waals surface area contributed by atoms with Gasteiger partial charge in [0.25, 0.3) is 0 Å². The number of hydrogen-bond donors (Lipinski definition) is 1. The van der Waals surface area contributed by atoms with Gasteiger partial charge in [-0.05, 0) is 44.0 Å². The van der Waals surface area contributed by atoms with Gasteiger partial charge in [0.2, 0.25) is 0 Å². The summed E-state index contributed by atoms with van der Waals surface area (Å²) in [5, 5.41) is 3.35. The van der Waals surface area contributed by atoms with Crippen molar-refractivity contribution in [3.63, 3.8) is 0 Å². The van der Waals surface area contributed by atoms with E-state index in [0.29, 0.717) is 0 Å². The van der Waals surface area contributed by atoms with Crippen LogP contribution in [0.25, 0.3) is 0 Å². The molecule has 1 aliphatic heterocycles. The fraction of sp³-hybridized carbons (Fsp3) is 0.538. The van der Waals surface area contributed by atoms with Gasteiger partial charge < -0.3 is 10.1 Å². The molecule has 88 valence electrons. The van der Waals surface area contributed by atoms with Crippen molar-refractivity contribution in [1.82, 2.24) is 5.32 Å². The average Bonchev–Trinajstić information content (AvgIpc) is 2.15. The molecule has 16 heavy (non-hydrogen) atoms. The lowest BCUT2D eigenvalue weighted by atomic mass is 9.99. The fourth-order valence-electron chi connectivity index (χ4n) is 2.15. The van der Waals surface area contributed by atoms with Crippen molar-refractivity contribution in [1.29, 1.82) is 0 Å². The van der Waals surface area contributed by atoms with Gasteiger partial charge in [0.05, 0.1) is 11.7 Å². The zero-order chi connectivity index (χ0) is 11.8. The predicted molar refractivity (Wildman–Crippen MR) is 61.9 cm³/mol. The van der Waals surface area contributed by atoms with E-state index in [4.69, 9.17) is 4.74 Å². The maximum atomic E-state index is 13.0. The monoisotopic (exact) mass is 223 g/mol. The van der Waals surface area contributed by atoms with Gasteiger partial charge in [-0.25, -0.2) is 4.39 Å². The van der Waals surface area contributed by atoms with Crippen LogP contribution in [0.1, 0.15) is 31.1 Å². The lowest BCUT2D eigenvalue weighted by molar-refractivity contribution is -0.0960. The van der Waals surface area contributed by atoms with Crippen LogP contribution in [-0.2, 0) is 4.74 Å². The predicted octanol–water partition coefficient (Wildman–Crippen LogP) is 2.57. The van der Waals surface area contributed by atoms with Crippen molar-refractivity contribution in [2.75, 3.05) is 13.1 Å². The molecule has 1 aromatic carbocycles. The third-order valence-corrected chi connectivity index (χ3v) is 2.92. The normalized spacial score (nSPS) is 24.4. The molecule has 1 aliphatic rings. The zero-order valence-corrected chi connectivity index (χ0v) is 10.0. The molecule has 1 aromatic rings. The second kappa shape index (κ2) is 4.15. The maximum absolute atomic E-state index is 13.0. The Bertz CT molecular complexity index is 390. The lowest BCUT2D eigenvalue weighted by Gasteiger charge is -2.37. The minimum atomic E-state index is -0.190. The van der Waals surface area contributed by atoms with Gasteiger partial charge in [-0.15, -0.1) is 0 Å². The average molecular weight is 223 g/mol. The maximum Gasteiger partial charge on any atom is 0.123 e. The molecule has 1 unspecified atom stereocenters. The topological polar surface area (TPSA) is 21.3 Å². The number of morpholine rings is 1. The summed E-state index contributed by atoms with van der Waals surface area (Å²) in [7, 11) is 0. The number of hydrogen-bond acceptors (Lipinski definition) is 2. The summed E-state index contributed by atoms with van der Waals surface area (Å²) in [5.41, 5.74) is 1.86.